The zero-order valence-electron chi connectivity index (χ0n) is 17.6. The first-order chi connectivity index (χ1) is 15.4. The molecule has 0 saturated carbocycles. The van der Waals surface area contributed by atoms with E-state index in [0.29, 0.717) is 16.8 Å². The molecule has 4 aliphatic rings. The Morgan fingerprint density at radius 1 is 0.875 bits per heavy atom. The molecule has 0 N–H and O–H groups in total. The van der Waals surface area contributed by atoms with Gasteiger partial charge in [-0.25, -0.2) is 4.90 Å². The van der Waals surface area contributed by atoms with Gasteiger partial charge in [0.25, 0.3) is 5.54 Å². The molecule has 6 nitrogen and oxygen atoms in total. The van der Waals surface area contributed by atoms with Crippen molar-refractivity contribution in [1.29, 1.82) is 0 Å². The molecule has 3 aliphatic carbocycles. The Morgan fingerprint density at radius 3 is 2.03 bits per heavy atom. The zero-order valence-corrected chi connectivity index (χ0v) is 17.6. The van der Waals surface area contributed by atoms with Crippen LogP contribution in [-0.4, -0.2) is 16.7 Å². The van der Waals surface area contributed by atoms with E-state index in [1.54, 1.807) is 30.3 Å². The third kappa shape index (κ3) is 2.00. The standard InChI is InChI=1S/C26H20N2O4/c1-14-11-12-20(15(2)13-14)27-24(29)22-21-16-7-3-5-9-18(16)26(28(31)32,23(22)25(27)30)19-10-6-4-8-17(19)21/h3-13,21-23H,1-2H3/t21?,22-,23+,26?/m1/s1. The summed E-state index contributed by atoms with van der Waals surface area (Å²) in [4.78, 5) is 41.5. The first kappa shape index (κ1) is 18.9. The normalized spacial score (nSPS) is 27.2. The summed E-state index contributed by atoms with van der Waals surface area (Å²) >= 11 is 0. The quantitative estimate of drug-likeness (QED) is 0.353. The van der Waals surface area contributed by atoms with Crippen LogP contribution in [0.2, 0.25) is 0 Å². The van der Waals surface area contributed by atoms with E-state index in [2.05, 4.69) is 0 Å². The highest BCUT2D eigenvalue weighted by molar-refractivity contribution is 6.24. The molecule has 3 aromatic rings. The van der Waals surface area contributed by atoms with Gasteiger partial charge in [-0.3, -0.25) is 19.7 Å². The fourth-order valence-corrected chi connectivity index (χ4v) is 6.34. The molecule has 6 heteroatoms. The van der Waals surface area contributed by atoms with Gasteiger partial charge in [0.1, 0.15) is 5.92 Å². The van der Waals surface area contributed by atoms with Gasteiger partial charge in [0.15, 0.2) is 0 Å². The van der Waals surface area contributed by atoms with Crippen molar-refractivity contribution in [3.05, 3.63) is 110 Å². The van der Waals surface area contributed by atoms with E-state index in [9.17, 15) is 19.7 Å². The fourth-order valence-electron chi connectivity index (χ4n) is 6.34. The minimum atomic E-state index is -1.79. The predicted molar refractivity (Wildman–Crippen MR) is 118 cm³/mol. The molecule has 1 heterocycles. The average Bonchev–Trinajstić information content (AvgIpc) is 3.05. The molecule has 0 radical (unpaired) electrons. The second-order valence-corrected chi connectivity index (χ2v) is 8.98. The summed E-state index contributed by atoms with van der Waals surface area (Å²) in [6.45, 7) is 3.80. The van der Waals surface area contributed by atoms with E-state index in [0.717, 1.165) is 22.3 Å². The van der Waals surface area contributed by atoms with Gasteiger partial charge in [0.2, 0.25) is 11.8 Å². The van der Waals surface area contributed by atoms with E-state index < -0.39 is 23.3 Å². The summed E-state index contributed by atoms with van der Waals surface area (Å²) in [6, 6.07) is 20.0. The van der Waals surface area contributed by atoms with E-state index in [1.165, 1.54) is 4.90 Å². The monoisotopic (exact) mass is 424 g/mol. The van der Waals surface area contributed by atoms with Gasteiger partial charge in [-0.05, 0) is 36.6 Å². The third-order valence-corrected chi connectivity index (χ3v) is 7.45. The largest absolute Gasteiger partial charge is 0.285 e. The Hall–Kier alpha value is -3.80. The maximum Gasteiger partial charge on any atom is 0.285 e. The second kappa shape index (κ2) is 6.13. The molecule has 2 atom stereocenters. The summed E-state index contributed by atoms with van der Waals surface area (Å²) in [5, 5.41) is 12.9. The fraction of sp³-hybridized carbons (Fsp3) is 0.231. The van der Waals surface area contributed by atoms with Crippen molar-refractivity contribution < 1.29 is 14.5 Å². The molecular formula is C26H20N2O4. The number of imide groups is 1. The van der Waals surface area contributed by atoms with Crippen LogP contribution < -0.4 is 4.90 Å². The van der Waals surface area contributed by atoms with Crippen LogP contribution >= 0.6 is 0 Å². The van der Waals surface area contributed by atoms with Crippen molar-refractivity contribution in [2.75, 3.05) is 4.90 Å². The number of carbonyl (C=O) groups is 2. The second-order valence-electron chi connectivity index (χ2n) is 8.98. The zero-order chi connectivity index (χ0) is 22.4. The molecule has 2 bridgehead atoms. The molecule has 158 valence electrons. The van der Waals surface area contributed by atoms with E-state index in [-0.39, 0.29) is 16.7 Å². The van der Waals surface area contributed by atoms with Gasteiger partial charge in [-0.2, -0.15) is 0 Å². The van der Waals surface area contributed by atoms with E-state index in [1.807, 2.05) is 50.2 Å². The topological polar surface area (TPSA) is 80.5 Å². The molecule has 1 fully saturated rings. The molecule has 7 rings (SSSR count). The lowest BCUT2D eigenvalue weighted by atomic mass is 9.51. The molecular weight excluding hydrogens is 404 g/mol. The van der Waals surface area contributed by atoms with Crippen molar-refractivity contribution >= 4 is 17.5 Å². The number of amides is 2. The highest BCUT2D eigenvalue weighted by Crippen LogP contribution is 2.64. The lowest BCUT2D eigenvalue weighted by Crippen LogP contribution is -2.57. The van der Waals surface area contributed by atoms with Crippen molar-refractivity contribution in [2.45, 2.75) is 25.3 Å². The van der Waals surface area contributed by atoms with Gasteiger partial charge in [-0.1, -0.05) is 66.2 Å². The molecule has 0 unspecified atom stereocenters. The minimum absolute atomic E-state index is 0.339. The summed E-state index contributed by atoms with van der Waals surface area (Å²) in [7, 11) is 0. The maximum absolute atomic E-state index is 13.9. The van der Waals surface area contributed by atoms with Gasteiger partial charge < -0.3 is 0 Å². The highest BCUT2D eigenvalue weighted by Gasteiger charge is 2.74. The van der Waals surface area contributed by atoms with Crippen LogP contribution in [0.4, 0.5) is 5.69 Å². The number of aryl methyl sites for hydroxylation is 2. The van der Waals surface area contributed by atoms with Crippen LogP contribution in [-0.2, 0) is 15.1 Å². The maximum atomic E-state index is 13.9. The van der Waals surface area contributed by atoms with Gasteiger partial charge in [0, 0.05) is 22.0 Å². The van der Waals surface area contributed by atoms with Crippen molar-refractivity contribution in [1.82, 2.24) is 0 Å². The summed E-state index contributed by atoms with van der Waals surface area (Å²) in [6.07, 6.45) is 0. The number of anilines is 1. The van der Waals surface area contributed by atoms with Crippen molar-refractivity contribution in [2.24, 2.45) is 11.8 Å². The Kier molecular flexibility index (Phi) is 3.62. The number of rotatable bonds is 2. The SMILES string of the molecule is Cc1ccc(N2C(=O)[C@@H]3C4c5ccccc5C([N+](=O)[O-])(c5ccccc54)[C@@H]3C2=O)c(C)c1. The Balaban J connectivity index is 1.67. The third-order valence-electron chi connectivity index (χ3n) is 7.45. The van der Waals surface area contributed by atoms with Crippen LogP contribution in [0.25, 0.3) is 0 Å². The Bertz CT molecular complexity index is 1310. The van der Waals surface area contributed by atoms with Crippen LogP contribution in [0, 0.1) is 35.8 Å². The van der Waals surface area contributed by atoms with Gasteiger partial charge >= 0.3 is 0 Å². The summed E-state index contributed by atoms with van der Waals surface area (Å²) in [5.74, 6) is -3.12. The molecule has 3 aromatic carbocycles. The first-order valence-corrected chi connectivity index (χ1v) is 10.7. The van der Waals surface area contributed by atoms with Crippen LogP contribution in [0.5, 0.6) is 0 Å². The van der Waals surface area contributed by atoms with Gasteiger partial charge in [-0.15, -0.1) is 0 Å². The van der Waals surface area contributed by atoms with Crippen molar-refractivity contribution in [3.8, 4) is 0 Å². The average molecular weight is 424 g/mol. The molecule has 1 saturated heterocycles. The molecule has 0 spiro atoms. The molecule has 0 aromatic heterocycles. The number of nitro groups is 1. The van der Waals surface area contributed by atoms with E-state index in [4.69, 9.17) is 0 Å². The van der Waals surface area contributed by atoms with Crippen LogP contribution in [0.1, 0.15) is 39.3 Å². The summed E-state index contributed by atoms with van der Waals surface area (Å²) < 4.78 is 0. The lowest BCUT2D eigenvalue weighted by molar-refractivity contribution is -0.578. The number of hydrogen-bond acceptors (Lipinski definition) is 4. The summed E-state index contributed by atoms with van der Waals surface area (Å²) in [5.41, 5.74) is 3.13. The molecule has 2 amide bonds. The number of nitrogens with zero attached hydrogens (tertiary/aromatic N) is 2. The highest BCUT2D eigenvalue weighted by atomic mass is 16.6. The smallest absolute Gasteiger partial charge is 0.274 e. The van der Waals surface area contributed by atoms with Crippen LogP contribution in [0.3, 0.4) is 0 Å². The van der Waals surface area contributed by atoms with Gasteiger partial charge in [0.05, 0.1) is 11.6 Å². The number of hydrogen-bond donors (Lipinski definition) is 0. The molecule has 32 heavy (non-hydrogen) atoms. The Morgan fingerprint density at radius 2 is 1.47 bits per heavy atom. The number of carbonyl (C=O) groups excluding carboxylic acids is 2. The minimum Gasteiger partial charge on any atom is -0.274 e. The predicted octanol–water partition coefficient (Wildman–Crippen LogP) is 4.09. The number of benzene rings is 3. The van der Waals surface area contributed by atoms with Crippen molar-refractivity contribution in [3.63, 3.8) is 0 Å². The first-order valence-electron chi connectivity index (χ1n) is 10.7. The van der Waals surface area contributed by atoms with E-state index >= 15 is 0 Å². The Labute approximate surface area is 184 Å². The van der Waals surface area contributed by atoms with Crippen LogP contribution in [0.15, 0.2) is 66.7 Å². The lowest BCUT2D eigenvalue weighted by Gasteiger charge is -2.48. The molecule has 1 aliphatic heterocycles.